The van der Waals surface area contributed by atoms with Crippen LogP contribution >= 0.6 is 0 Å². The molecule has 3 rings (SSSR count). The highest BCUT2D eigenvalue weighted by Crippen LogP contribution is 2.47. The van der Waals surface area contributed by atoms with Gasteiger partial charge in [0.1, 0.15) is 5.67 Å². The van der Waals surface area contributed by atoms with Crippen LogP contribution in [0.4, 0.5) is 4.39 Å². The SMILES string of the molecule is FC12CC[C](CC1)CC2. The maximum Gasteiger partial charge on any atom is 0.111 e. The van der Waals surface area contributed by atoms with Gasteiger partial charge in [0.15, 0.2) is 0 Å². The highest BCUT2D eigenvalue weighted by molar-refractivity contribution is 5.06. The van der Waals surface area contributed by atoms with E-state index in [4.69, 9.17) is 0 Å². The second-order valence-corrected chi connectivity index (χ2v) is 3.40. The molecule has 51 valence electrons. The number of hydrogen-bond acceptors (Lipinski definition) is 0. The van der Waals surface area contributed by atoms with E-state index in [2.05, 4.69) is 0 Å². The Morgan fingerprint density at radius 3 is 1.67 bits per heavy atom. The molecule has 2 bridgehead atoms. The van der Waals surface area contributed by atoms with E-state index in [9.17, 15) is 4.39 Å². The van der Waals surface area contributed by atoms with Gasteiger partial charge in [0, 0.05) is 0 Å². The van der Waals surface area contributed by atoms with Crippen molar-refractivity contribution < 1.29 is 4.39 Å². The lowest BCUT2D eigenvalue weighted by Gasteiger charge is -2.40. The molecule has 0 aromatic rings. The average molecular weight is 127 g/mol. The fraction of sp³-hybridized carbons (Fsp3) is 0.875. The van der Waals surface area contributed by atoms with Crippen LogP contribution < -0.4 is 0 Å². The van der Waals surface area contributed by atoms with Crippen molar-refractivity contribution in [2.45, 2.75) is 44.2 Å². The van der Waals surface area contributed by atoms with Crippen LogP contribution in [0.15, 0.2) is 0 Å². The van der Waals surface area contributed by atoms with Gasteiger partial charge in [0.2, 0.25) is 0 Å². The molecule has 1 heteroatoms. The van der Waals surface area contributed by atoms with Crippen molar-refractivity contribution >= 4 is 0 Å². The number of rotatable bonds is 0. The van der Waals surface area contributed by atoms with Crippen molar-refractivity contribution in [2.75, 3.05) is 0 Å². The molecule has 0 spiro atoms. The van der Waals surface area contributed by atoms with E-state index >= 15 is 0 Å². The van der Waals surface area contributed by atoms with E-state index in [1.807, 2.05) is 0 Å². The molecule has 0 aliphatic heterocycles. The summed E-state index contributed by atoms with van der Waals surface area (Å²) in [4.78, 5) is 0. The molecule has 0 heterocycles. The second kappa shape index (κ2) is 1.71. The van der Waals surface area contributed by atoms with Gasteiger partial charge < -0.3 is 0 Å². The third-order valence-corrected chi connectivity index (χ3v) is 2.78. The lowest BCUT2D eigenvalue weighted by molar-refractivity contribution is 0.0696. The van der Waals surface area contributed by atoms with E-state index in [0.29, 0.717) is 0 Å². The first-order chi connectivity index (χ1) is 4.29. The Balaban J connectivity index is 2.11. The zero-order valence-electron chi connectivity index (χ0n) is 5.62. The van der Waals surface area contributed by atoms with Crippen LogP contribution in [0.5, 0.6) is 0 Å². The molecule has 0 atom stereocenters. The van der Waals surface area contributed by atoms with Gasteiger partial charge in [0.05, 0.1) is 0 Å². The van der Waals surface area contributed by atoms with Crippen molar-refractivity contribution in [2.24, 2.45) is 0 Å². The summed E-state index contributed by atoms with van der Waals surface area (Å²) in [5.41, 5.74) is -0.734. The topological polar surface area (TPSA) is 0 Å². The normalized spacial score (nSPS) is 33.0. The number of fused-ring (bicyclic) bond motifs is 3. The molecular formula is C8H12F. The summed E-state index contributed by atoms with van der Waals surface area (Å²) in [6.07, 6.45) is 5.70. The van der Waals surface area contributed by atoms with Crippen molar-refractivity contribution in [1.82, 2.24) is 0 Å². The molecule has 3 aliphatic rings. The van der Waals surface area contributed by atoms with Crippen LogP contribution in [-0.4, -0.2) is 5.67 Å². The third kappa shape index (κ3) is 0.867. The second-order valence-electron chi connectivity index (χ2n) is 3.40. The fourth-order valence-corrected chi connectivity index (χ4v) is 1.95. The quantitative estimate of drug-likeness (QED) is 0.469. The molecule has 3 saturated carbocycles. The Morgan fingerprint density at radius 1 is 1.00 bits per heavy atom. The molecule has 0 aromatic carbocycles. The summed E-state index contributed by atoms with van der Waals surface area (Å²) >= 11 is 0. The Hall–Kier alpha value is -0.0700. The minimum absolute atomic E-state index is 0.734. The van der Waals surface area contributed by atoms with Gasteiger partial charge in [-0.15, -0.1) is 0 Å². The molecule has 0 amide bonds. The zero-order valence-corrected chi connectivity index (χ0v) is 5.62. The summed E-state index contributed by atoms with van der Waals surface area (Å²) in [7, 11) is 0. The van der Waals surface area contributed by atoms with Crippen LogP contribution in [0.25, 0.3) is 0 Å². The zero-order chi connectivity index (χ0) is 6.32. The molecule has 0 saturated heterocycles. The molecule has 1 radical (unpaired) electrons. The highest BCUT2D eigenvalue weighted by atomic mass is 19.1. The molecule has 3 fully saturated rings. The van der Waals surface area contributed by atoms with Crippen LogP contribution in [0.1, 0.15) is 38.5 Å². The predicted octanol–water partition coefficient (Wildman–Crippen LogP) is 2.64. The van der Waals surface area contributed by atoms with Gasteiger partial charge in [-0.25, -0.2) is 4.39 Å². The standard InChI is InChI=1S/C8H12F/c9-8-4-1-7(2-5-8)3-6-8/h1-6H2. The van der Waals surface area contributed by atoms with Crippen molar-refractivity contribution in [1.29, 1.82) is 0 Å². The van der Waals surface area contributed by atoms with Crippen molar-refractivity contribution in [3.05, 3.63) is 5.92 Å². The third-order valence-electron chi connectivity index (χ3n) is 2.78. The summed E-state index contributed by atoms with van der Waals surface area (Å²) in [6, 6.07) is 0. The maximum atomic E-state index is 13.3. The smallest absolute Gasteiger partial charge is 0.111 e. The monoisotopic (exact) mass is 127 g/mol. The average Bonchev–Trinajstić information content (AvgIpc) is 1.90. The highest BCUT2D eigenvalue weighted by Gasteiger charge is 2.40. The van der Waals surface area contributed by atoms with Crippen molar-refractivity contribution in [3.8, 4) is 0 Å². The van der Waals surface area contributed by atoms with Crippen LogP contribution in [-0.2, 0) is 0 Å². The Kier molecular flexibility index (Phi) is 1.08. The van der Waals surface area contributed by atoms with Gasteiger partial charge in [-0.05, 0) is 44.4 Å². The molecule has 9 heavy (non-hydrogen) atoms. The summed E-state index contributed by atoms with van der Waals surface area (Å²) < 4.78 is 13.3. The lowest BCUT2D eigenvalue weighted by atomic mass is 9.69. The minimum atomic E-state index is -0.734. The summed E-state index contributed by atoms with van der Waals surface area (Å²) in [5.74, 6) is 1.62. The fourth-order valence-electron chi connectivity index (χ4n) is 1.95. The van der Waals surface area contributed by atoms with Crippen LogP contribution in [0.2, 0.25) is 0 Å². The van der Waals surface area contributed by atoms with E-state index < -0.39 is 5.67 Å². The molecule has 0 aromatic heterocycles. The van der Waals surface area contributed by atoms with E-state index in [1.54, 1.807) is 5.92 Å². The molecule has 0 N–H and O–H groups in total. The summed E-state index contributed by atoms with van der Waals surface area (Å²) in [5, 5.41) is 0. The van der Waals surface area contributed by atoms with E-state index in [-0.39, 0.29) is 0 Å². The van der Waals surface area contributed by atoms with Gasteiger partial charge in [-0.2, -0.15) is 0 Å². The first kappa shape index (κ1) is 5.70. The number of alkyl halides is 1. The number of hydrogen-bond donors (Lipinski definition) is 0. The molecule has 0 nitrogen and oxygen atoms in total. The first-order valence-electron chi connectivity index (χ1n) is 3.81. The van der Waals surface area contributed by atoms with E-state index in [1.165, 1.54) is 0 Å². The Labute approximate surface area is 55.4 Å². The Morgan fingerprint density at radius 2 is 1.44 bits per heavy atom. The Bertz CT molecular complexity index is 98.0. The maximum absolute atomic E-state index is 13.3. The van der Waals surface area contributed by atoms with Gasteiger partial charge in [-0.3, -0.25) is 0 Å². The largest absolute Gasteiger partial charge is 0.244 e. The van der Waals surface area contributed by atoms with Crippen molar-refractivity contribution in [3.63, 3.8) is 0 Å². The van der Waals surface area contributed by atoms with Crippen LogP contribution in [0.3, 0.4) is 0 Å². The van der Waals surface area contributed by atoms with E-state index in [0.717, 1.165) is 38.5 Å². The molecule has 0 unspecified atom stereocenters. The lowest BCUT2D eigenvalue weighted by Crippen LogP contribution is -2.34. The van der Waals surface area contributed by atoms with Crippen LogP contribution in [0, 0.1) is 5.92 Å². The van der Waals surface area contributed by atoms with Gasteiger partial charge in [0.25, 0.3) is 0 Å². The van der Waals surface area contributed by atoms with Gasteiger partial charge in [-0.1, -0.05) is 0 Å². The predicted molar refractivity (Wildman–Crippen MR) is 34.8 cm³/mol. The van der Waals surface area contributed by atoms with Gasteiger partial charge >= 0.3 is 0 Å². The molecular weight excluding hydrogens is 115 g/mol. The molecule has 3 aliphatic carbocycles. The minimum Gasteiger partial charge on any atom is -0.244 e. The number of halogens is 1. The first-order valence-corrected chi connectivity index (χ1v) is 3.81. The summed E-state index contributed by atoms with van der Waals surface area (Å²) in [6.45, 7) is 0.